The van der Waals surface area contributed by atoms with Gasteiger partial charge in [-0.05, 0) is 87.3 Å². The third kappa shape index (κ3) is 8.10. The number of rotatable bonds is 9. The first-order valence-corrected chi connectivity index (χ1v) is 15.6. The van der Waals surface area contributed by atoms with E-state index in [9.17, 15) is 14.9 Å². The zero-order valence-corrected chi connectivity index (χ0v) is 25.1. The Morgan fingerprint density at radius 2 is 1.63 bits per heavy atom. The minimum atomic E-state index is -0.552. The van der Waals surface area contributed by atoms with Crippen molar-refractivity contribution in [2.24, 2.45) is 5.73 Å². The number of hydrogen-bond donors (Lipinski definition) is 2. The van der Waals surface area contributed by atoms with Gasteiger partial charge in [0.25, 0.3) is 5.91 Å². The Morgan fingerprint density at radius 1 is 0.930 bits per heavy atom. The number of nitrogens with one attached hydrogen (secondary N) is 1. The molecule has 1 heterocycles. The minimum absolute atomic E-state index is 0.0629. The Labute approximate surface area is 255 Å². The van der Waals surface area contributed by atoms with Crippen LogP contribution >= 0.6 is 0 Å². The number of likely N-dealkylation sites (tertiary alicyclic amines) is 1. The summed E-state index contributed by atoms with van der Waals surface area (Å²) in [5.41, 5.74) is 10.9. The highest BCUT2D eigenvalue weighted by Gasteiger charge is 2.39. The zero-order valence-electron chi connectivity index (χ0n) is 25.1. The average molecular weight is 578 g/mol. The average Bonchev–Trinajstić information content (AvgIpc) is 3.04. The molecule has 0 aromatic heterocycles. The highest BCUT2D eigenvalue weighted by Crippen LogP contribution is 2.27. The smallest absolute Gasteiger partial charge is 0.254 e. The van der Waals surface area contributed by atoms with Crippen molar-refractivity contribution < 1.29 is 9.59 Å². The van der Waals surface area contributed by atoms with Crippen LogP contribution in [0.25, 0.3) is 0 Å². The maximum Gasteiger partial charge on any atom is 0.254 e. The summed E-state index contributed by atoms with van der Waals surface area (Å²) in [4.78, 5) is 32.0. The van der Waals surface area contributed by atoms with E-state index in [1.54, 1.807) is 4.90 Å². The lowest BCUT2D eigenvalue weighted by atomic mass is 9.90. The van der Waals surface area contributed by atoms with Crippen LogP contribution in [0.15, 0.2) is 78.9 Å². The molecule has 3 N–H and O–H groups in total. The fraction of sp³-hybridized carbons (Fsp3) is 0.417. The molecule has 2 fully saturated rings. The molecule has 1 aliphatic carbocycles. The van der Waals surface area contributed by atoms with Crippen LogP contribution in [0, 0.1) is 18.3 Å². The molecule has 1 aliphatic heterocycles. The first kappa shape index (κ1) is 30.5. The van der Waals surface area contributed by atoms with Crippen LogP contribution in [0.3, 0.4) is 0 Å². The van der Waals surface area contributed by atoms with Gasteiger partial charge in [0.2, 0.25) is 5.91 Å². The number of piperidine rings is 1. The van der Waals surface area contributed by atoms with E-state index in [1.165, 1.54) is 5.56 Å². The zero-order chi connectivity index (χ0) is 30.2. The second-order valence-electron chi connectivity index (χ2n) is 12.2. The second-order valence-corrected chi connectivity index (χ2v) is 12.2. The molecule has 7 heteroatoms. The van der Waals surface area contributed by atoms with Gasteiger partial charge in [0.05, 0.1) is 11.6 Å². The number of nitriles is 1. The third-order valence-electron chi connectivity index (χ3n) is 9.07. The Hall–Kier alpha value is -3.99. The molecule has 2 amide bonds. The molecule has 3 aromatic carbocycles. The Morgan fingerprint density at radius 3 is 2.30 bits per heavy atom. The molecule has 43 heavy (non-hydrogen) atoms. The summed E-state index contributed by atoms with van der Waals surface area (Å²) < 4.78 is 0. The monoisotopic (exact) mass is 577 g/mol. The van der Waals surface area contributed by atoms with E-state index < -0.39 is 6.04 Å². The SMILES string of the molecule is Cc1ccc(C(=O)N2CCC(N(CCc3ccccc3)Cc3ccc(C#N)cc3)C[C@@H]2C(=O)NC2CCC(N)CC2)cc1. The summed E-state index contributed by atoms with van der Waals surface area (Å²) in [6, 6.07) is 27.9. The van der Waals surface area contributed by atoms with Crippen LogP contribution in [-0.4, -0.2) is 58.9 Å². The number of hydrogen-bond acceptors (Lipinski definition) is 5. The van der Waals surface area contributed by atoms with Gasteiger partial charge in [0.15, 0.2) is 0 Å². The molecular weight excluding hydrogens is 534 g/mol. The summed E-state index contributed by atoms with van der Waals surface area (Å²) in [6.07, 6.45) is 5.79. The first-order valence-electron chi connectivity index (χ1n) is 15.6. The summed E-state index contributed by atoms with van der Waals surface area (Å²) in [7, 11) is 0. The van der Waals surface area contributed by atoms with E-state index in [4.69, 9.17) is 5.73 Å². The molecule has 7 nitrogen and oxygen atoms in total. The molecule has 5 rings (SSSR count). The molecule has 0 spiro atoms. The van der Waals surface area contributed by atoms with Crippen molar-refractivity contribution in [3.8, 4) is 6.07 Å². The quantitative estimate of drug-likeness (QED) is 0.374. The van der Waals surface area contributed by atoms with E-state index in [2.05, 4.69) is 40.6 Å². The molecule has 0 radical (unpaired) electrons. The van der Waals surface area contributed by atoms with E-state index in [0.717, 1.165) is 56.2 Å². The van der Waals surface area contributed by atoms with E-state index in [1.807, 2.05) is 61.5 Å². The van der Waals surface area contributed by atoms with Crippen LogP contribution in [0.1, 0.15) is 71.1 Å². The summed E-state index contributed by atoms with van der Waals surface area (Å²) in [5.74, 6) is -0.154. The Bertz CT molecular complexity index is 1390. The highest BCUT2D eigenvalue weighted by molar-refractivity contribution is 5.97. The van der Waals surface area contributed by atoms with Gasteiger partial charge in [-0.15, -0.1) is 0 Å². The topological polar surface area (TPSA) is 102 Å². The molecule has 3 aromatic rings. The van der Waals surface area contributed by atoms with Gasteiger partial charge in [0, 0.05) is 43.3 Å². The molecular formula is C36H43N5O2. The fourth-order valence-electron chi connectivity index (χ4n) is 6.42. The van der Waals surface area contributed by atoms with Crippen LogP contribution < -0.4 is 11.1 Å². The van der Waals surface area contributed by atoms with Crippen molar-refractivity contribution in [3.05, 3.63) is 107 Å². The maximum atomic E-state index is 13.9. The van der Waals surface area contributed by atoms with Crippen molar-refractivity contribution >= 4 is 11.8 Å². The van der Waals surface area contributed by atoms with Crippen molar-refractivity contribution in [1.29, 1.82) is 5.26 Å². The number of carbonyl (C=O) groups excluding carboxylic acids is 2. The van der Waals surface area contributed by atoms with Gasteiger partial charge in [-0.25, -0.2) is 0 Å². The summed E-state index contributed by atoms with van der Waals surface area (Å²) in [6.45, 7) is 4.06. The van der Waals surface area contributed by atoms with Crippen molar-refractivity contribution in [2.75, 3.05) is 13.1 Å². The van der Waals surface area contributed by atoms with Crippen molar-refractivity contribution in [2.45, 2.75) is 82.6 Å². The fourth-order valence-corrected chi connectivity index (χ4v) is 6.42. The van der Waals surface area contributed by atoms with E-state index >= 15 is 0 Å². The number of nitrogens with zero attached hydrogens (tertiary/aromatic N) is 3. The number of amides is 2. The lowest BCUT2D eigenvalue weighted by molar-refractivity contribution is -0.128. The standard InChI is InChI=1S/C36H43N5O2/c1-26-7-13-30(14-8-26)36(43)41-22-20-33(23-34(41)35(42)39-32-17-15-31(38)16-18-32)40(21-19-27-5-3-2-4-6-27)25-29-11-9-28(24-37)10-12-29/h2-14,31-34H,15-23,25,38H2,1H3,(H,39,42)/t31?,32?,33?,34-/m1/s1. The Kier molecular flexibility index (Phi) is 10.2. The van der Waals surface area contributed by atoms with Gasteiger partial charge in [0.1, 0.15) is 6.04 Å². The van der Waals surface area contributed by atoms with Crippen LogP contribution in [0.2, 0.25) is 0 Å². The van der Waals surface area contributed by atoms with Gasteiger partial charge in [-0.3, -0.25) is 14.5 Å². The third-order valence-corrected chi connectivity index (χ3v) is 9.07. The summed E-state index contributed by atoms with van der Waals surface area (Å²) >= 11 is 0. The molecule has 1 unspecified atom stereocenters. The van der Waals surface area contributed by atoms with Crippen LogP contribution in [0.5, 0.6) is 0 Å². The molecule has 2 aliphatic rings. The molecule has 2 atom stereocenters. The second kappa shape index (κ2) is 14.5. The number of aryl methyl sites for hydroxylation is 1. The number of benzene rings is 3. The van der Waals surface area contributed by atoms with E-state index in [-0.39, 0.29) is 29.9 Å². The van der Waals surface area contributed by atoms with Gasteiger partial charge in [-0.2, -0.15) is 5.26 Å². The highest BCUT2D eigenvalue weighted by atomic mass is 16.2. The van der Waals surface area contributed by atoms with Crippen molar-refractivity contribution in [3.63, 3.8) is 0 Å². The van der Waals surface area contributed by atoms with Crippen LogP contribution in [-0.2, 0) is 17.8 Å². The van der Waals surface area contributed by atoms with Gasteiger partial charge >= 0.3 is 0 Å². The molecule has 0 bridgehead atoms. The van der Waals surface area contributed by atoms with Crippen molar-refractivity contribution in [1.82, 2.24) is 15.1 Å². The van der Waals surface area contributed by atoms with E-state index in [0.29, 0.717) is 30.6 Å². The lowest BCUT2D eigenvalue weighted by Gasteiger charge is -2.43. The molecule has 1 saturated carbocycles. The van der Waals surface area contributed by atoms with Gasteiger partial charge < -0.3 is 16.0 Å². The minimum Gasteiger partial charge on any atom is -0.352 e. The number of nitrogens with two attached hydrogens (primary N) is 1. The normalized spacial score (nSPS) is 22.1. The molecule has 1 saturated heterocycles. The Balaban J connectivity index is 1.38. The maximum absolute atomic E-state index is 13.9. The number of carbonyl (C=O) groups is 2. The first-order chi connectivity index (χ1) is 20.9. The largest absolute Gasteiger partial charge is 0.352 e. The molecule has 224 valence electrons. The lowest BCUT2D eigenvalue weighted by Crippen LogP contribution is -2.58. The predicted octanol–water partition coefficient (Wildman–Crippen LogP) is 4.97. The summed E-state index contributed by atoms with van der Waals surface area (Å²) in [5, 5.41) is 12.6. The van der Waals surface area contributed by atoms with Gasteiger partial charge in [-0.1, -0.05) is 60.2 Å². The van der Waals surface area contributed by atoms with Crippen LogP contribution in [0.4, 0.5) is 0 Å². The predicted molar refractivity (Wildman–Crippen MR) is 169 cm³/mol.